The van der Waals surface area contributed by atoms with Gasteiger partial charge in [0.15, 0.2) is 6.61 Å². The second-order valence-electron chi connectivity index (χ2n) is 8.37. The summed E-state index contributed by atoms with van der Waals surface area (Å²) in [5.74, 6) is 0.526. The van der Waals surface area contributed by atoms with Crippen LogP contribution in [0.1, 0.15) is 16.7 Å². The number of nitrogens with zero attached hydrogens (tertiary/aromatic N) is 1. The topological polar surface area (TPSA) is 84.9 Å². The van der Waals surface area contributed by atoms with Gasteiger partial charge in [0.25, 0.3) is 17.1 Å². The van der Waals surface area contributed by atoms with Gasteiger partial charge in [0.05, 0.1) is 11.4 Å². The fourth-order valence-electron chi connectivity index (χ4n) is 3.48. The Morgan fingerprint density at radius 3 is 2.51 bits per heavy atom. The van der Waals surface area contributed by atoms with Gasteiger partial charge < -0.3 is 14.8 Å². The van der Waals surface area contributed by atoms with Gasteiger partial charge in [-0.05, 0) is 84.8 Å². The Bertz CT molecular complexity index is 1360. The first-order valence-electron chi connectivity index (χ1n) is 11.5. The Morgan fingerprint density at radius 1 is 1.00 bits per heavy atom. The number of nitrogens with one attached hydrogen (secondary N) is 1. The first-order valence-corrected chi connectivity index (χ1v) is 12.7. The number of carbonyl (C=O) groups excluding carboxylic acids is 3. The standard InChI is InChI=1S/C28H25ClN2O5S/c1-18-4-3-5-23(14-18)35-13-12-31-27(33)25(37-28(31)34)15-20-7-10-22(11-8-20)36-17-26(32)30-21-9-6-19(2)24(29)16-21/h3-11,14-16H,12-13,17H2,1-2H3,(H,30,32)/b25-15-. The number of rotatable bonds is 9. The maximum Gasteiger partial charge on any atom is 0.293 e. The van der Waals surface area contributed by atoms with Gasteiger partial charge in [0.2, 0.25) is 0 Å². The van der Waals surface area contributed by atoms with Crippen molar-refractivity contribution in [2.45, 2.75) is 13.8 Å². The van der Waals surface area contributed by atoms with Crippen molar-refractivity contribution in [2.75, 3.05) is 25.1 Å². The Morgan fingerprint density at radius 2 is 1.78 bits per heavy atom. The molecule has 0 saturated carbocycles. The number of aryl methyl sites for hydroxylation is 2. The smallest absolute Gasteiger partial charge is 0.293 e. The highest BCUT2D eigenvalue weighted by atomic mass is 35.5. The molecule has 3 amide bonds. The molecule has 0 unspecified atom stereocenters. The van der Waals surface area contributed by atoms with Crippen LogP contribution in [-0.4, -0.2) is 41.7 Å². The lowest BCUT2D eigenvalue weighted by molar-refractivity contribution is -0.123. The molecule has 1 N–H and O–H groups in total. The summed E-state index contributed by atoms with van der Waals surface area (Å²) in [6, 6.07) is 19.8. The summed E-state index contributed by atoms with van der Waals surface area (Å²) in [4.78, 5) is 38.8. The molecule has 1 heterocycles. The summed E-state index contributed by atoms with van der Waals surface area (Å²) in [6.45, 7) is 4.06. The number of ether oxygens (including phenoxy) is 2. The van der Waals surface area contributed by atoms with Crippen molar-refractivity contribution in [1.29, 1.82) is 0 Å². The van der Waals surface area contributed by atoms with Crippen LogP contribution in [0.4, 0.5) is 10.5 Å². The molecule has 0 aromatic heterocycles. The zero-order valence-electron chi connectivity index (χ0n) is 20.3. The Kier molecular flexibility index (Phi) is 8.53. The number of imide groups is 1. The molecule has 0 atom stereocenters. The monoisotopic (exact) mass is 536 g/mol. The fourth-order valence-corrected chi connectivity index (χ4v) is 4.53. The molecular formula is C28H25ClN2O5S. The Hall–Kier alpha value is -3.75. The second-order valence-corrected chi connectivity index (χ2v) is 9.77. The van der Waals surface area contributed by atoms with Gasteiger partial charge in [-0.15, -0.1) is 0 Å². The number of anilines is 1. The largest absolute Gasteiger partial charge is 0.492 e. The zero-order valence-corrected chi connectivity index (χ0v) is 21.9. The molecule has 7 nitrogen and oxygen atoms in total. The molecule has 0 aliphatic carbocycles. The van der Waals surface area contributed by atoms with Crippen molar-refractivity contribution in [3.05, 3.63) is 93.3 Å². The molecule has 37 heavy (non-hydrogen) atoms. The molecule has 0 spiro atoms. The minimum absolute atomic E-state index is 0.166. The molecule has 1 fully saturated rings. The van der Waals surface area contributed by atoms with E-state index in [-0.39, 0.29) is 36.8 Å². The highest BCUT2D eigenvalue weighted by Crippen LogP contribution is 2.32. The van der Waals surface area contributed by atoms with E-state index >= 15 is 0 Å². The van der Waals surface area contributed by atoms with Gasteiger partial charge in [-0.1, -0.05) is 41.9 Å². The van der Waals surface area contributed by atoms with Crippen LogP contribution < -0.4 is 14.8 Å². The SMILES string of the molecule is Cc1cccc(OCCN2C(=O)S/C(=C\c3ccc(OCC(=O)Nc4ccc(C)c(Cl)c4)cc3)C2=O)c1. The van der Waals surface area contributed by atoms with Gasteiger partial charge >= 0.3 is 0 Å². The van der Waals surface area contributed by atoms with E-state index in [4.69, 9.17) is 21.1 Å². The maximum absolute atomic E-state index is 12.7. The number of hydrogen-bond donors (Lipinski definition) is 1. The molecule has 1 saturated heterocycles. The van der Waals surface area contributed by atoms with Crippen molar-refractivity contribution in [2.24, 2.45) is 0 Å². The van der Waals surface area contributed by atoms with Gasteiger partial charge in [-0.3, -0.25) is 19.3 Å². The number of thioether (sulfide) groups is 1. The number of halogens is 1. The molecule has 1 aliphatic rings. The van der Waals surface area contributed by atoms with E-state index in [2.05, 4.69) is 5.32 Å². The highest BCUT2D eigenvalue weighted by Gasteiger charge is 2.34. The maximum atomic E-state index is 12.7. The highest BCUT2D eigenvalue weighted by molar-refractivity contribution is 8.18. The number of benzene rings is 3. The van der Waals surface area contributed by atoms with Crippen LogP contribution in [0.15, 0.2) is 71.6 Å². The van der Waals surface area contributed by atoms with Gasteiger partial charge in [-0.2, -0.15) is 0 Å². The lowest BCUT2D eigenvalue weighted by Gasteiger charge is -2.13. The number of hydrogen-bond acceptors (Lipinski definition) is 6. The Balaban J connectivity index is 1.28. The molecule has 0 bridgehead atoms. The van der Waals surface area contributed by atoms with E-state index in [0.717, 1.165) is 28.5 Å². The van der Waals surface area contributed by atoms with Gasteiger partial charge in [0, 0.05) is 10.7 Å². The third-order valence-corrected chi connectivity index (χ3v) is 6.76. The molecule has 190 valence electrons. The van der Waals surface area contributed by atoms with Crippen LogP contribution in [0, 0.1) is 13.8 Å². The van der Waals surface area contributed by atoms with Crippen LogP contribution in [-0.2, 0) is 9.59 Å². The minimum Gasteiger partial charge on any atom is -0.492 e. The van der Waals surface area contributed by atoms with E-state index in [1.165, 1.54) is 4.90 Å². The molecule has 4 rings (SSSR count). The van der Waals surface area contributed by atoms with Crippen LogP contribution in [0.3, 0.4) is 0 Å². The first-order chi connectivity index (χ1) is 17.8. The van der Waals surface area contributed by atoms with Crippen LogP contribution in [0.2, 0.25) is 5.02 Å². The Labute approximate surface area is 224 Å². The first kappa shape index (κ1) is 26.3. The fraction of sp³-hybridized carbons (Fsp3) is 0.179. The van der Waals surface area contributed by atoms with Crippen LogP contribution in [0.5, 0.6) is 11.5 Å². The minimum atomic E-state index is -0.351. The van der Waals surface area contributed by atoms with Crippen LogP contribution >= 0.6 is 23.4 Å². The van der Waals surface area contributed by atoms with E-state index in [0.29, 0.717) is 27.1 Å². The summed E-state index contributed by atoms with van der Waals surface area (Å²) in [5.41, 5.74) is 3.31. The quantitative estimate of drug-likeness (QED) is 0.333. The van der Waals surface area contributed by atoms with Crippen molar-refractivity contribution in [1.82, 2.24) is 4.90 Å². The average Bonchev–Trinajstić information content (AvgIpc) is 3.13. The lowest BCUT2D eigenvalue weighted by Crippen LogP contribution is -2.32. The molecule has 1 aliphatic heterocycles. The van der Waals surface area contributed by atoms with E-state index in [1.54, 1.807) is 42.5 Å². The zero-order chi connectivity index (χ0) is 26.4. The van der Waals surface area contributed by atoms with Gasteiger partial charge in [-0.25, -0.2) is 0 Å². The van der Waals surface area contributed by atoms with Gasteiger partial charge in [0.1, 0.15) is 18.1 Å². The molecule has 3 aromatic carbocycles. The van der Waals surface area contributed by atoms with Crippen molar-refractivity contribution in [3.8, 4) is 11.5 Å². The third kappa shape index (κ3) is 7.15. The summed E-state index contributed by atoms with van der Waals surface area (Å²) in [6.07, 6.45) is 1.66. The summed E-state index contributed by atoms with van der Waals surface area (Å²) in [7, 11) is 0. The average molecular weight is 537 g/mol. The number of carbonyl (C=O) groups is 3. The molecule has 0 radical (unpaired) electrons. The van der Waals surface area contributed by atoms with E-state index in [9.17, 15) is 14.4 Å². The van der Waals surface area contributed by atoms with Crippen LogP contribution in [0.25, 0.3) is 6.08 Å². The second kappa shape index (κ2) is 12.0. The van der Waals surface area contributed by atoms with Crippen molar-refractivity contribution in [3.63, 3.8) is 0 Å². The van der Waals surface area contributed by atoms with Crippen molar-refractivity contribution >= 4 is 52.2 Å². The number of amides is 3. The normalized spacial score (nSPS) is 14.2. The predicted molar refractivity (Wildman–Crippen MR) is 146 cm³/mol. The summed E-state index contributed by atoms with van der Waals surface area (Å²) < 4.78 is 11.2. The van der Waals surface area contributed by atoms with E-state index in [1.807, 2.05) is 44.2 Å². The third-order valence-electron chi connectivity index (χ3n) is 5.45. The van der Waals surface area contributed by atoms with Crippen molar-refractivity contribution < 1.29 is 23.9 Å². The molecule has 3 aromatic rings. The van der Waals surface area contributed by atoms with E-state index < -0.39 is 0 Å². The lowest BCUT2D eigenvalue weighted by atomic mass is 10.2. The summed E-state index contributed by atoms with van der Waals surface area (Å²) in [5, 5.41) is 2.98. The molecular weight excluding hydrogens is 512 g/mol. The summed E-state index contributed by atoms with van der Waals surface area (Å²) >= 11 is 6.98. The molecule has 9 heteroatoms. The predicted octanol–water partition coefficient (Wildman–Crippen LogP) is 6.09.